The van der Waals surface area contributed by atoms with Crippen molar-refractivity contribution in [3.05, 3.63) is 46.6 Å². The smallest absolute Gasteiger partial charge is 0.217 e. The van der Waals surface area contributed by atoms with Gasteiger partial charge in [-0.1, -0.05) is 35.5 Å². The molecule has 1 heterocycles. The highest BCUT2D eigenvalue weighted by Crippen LogP contribution is 2.53. The minimum Gasteiger partial charge on any atom is -0.598 e. The van der Waals surface area contributed by atoms with Gasteiger partial charge in [0.1, 0.15) is 4.75 Å². The number of methoxy groups -OCH3 is 1. The summed E-state index contributed by atoms with van der Waals surface area (Å²) in [5.74, 6) is 0.583. The fraction of sp³-hybridized carbons (Fsp3) is 0.524. The lowest BCUT2D eigenvalue weighted by molar-refractivity contribution is 0.387. The third-order valence-corrected chi connectivity index (χ3v) is 7.55. The molecule has 1 saturated carbocycles. The summed E-state index contributed by atoms with van der Waals surface area (Å²) < 4.78 is 21.3. The van der Waals surface area contributed by atoms with E-state index >= 15 is 0 Å². The first-order valence-corrected chi connectivity index (χ1v) is 12.3. The van der Waals surface area contributed by atoms with E-state index in [0.29, 0.717) is 16.1 Å². The molecular weight excluding hydrogens is 426 g/mol. The lowest BCUT2D eigenvalue weighted by Gasteiger charge is -2.30. The summed E-state index contributed by atoms with van der Waals surface area (Å²) in [7, 11) is 1.63. The molecule has 0 spiro atoms. The fourth-order valence-corrected chi connectivity index (χ4v) is 4.53. The van der Waals surface area contributed by atoms with Crippen molar-refractivity contribution in [3.63, 3.8) is 0 Å². The minimum atomic E-state index is -1.19. The summed E-state index contributed by atoms with van der Waals surface area (Å²) in [5, 5.41) is 1.40. The number of hydrogen-bond donors (Lipinski definition) is 1. The van der Waals surface area contributed by atoms with Crippen LogP contribution in [0.5, 0.6) is 5.88 Å². The number of rotatable bonds is 8. The zero-order valence-electron chi connectivity index (χ0n) is 17.5. The summed E-state index contributed by atoms with van der Waals surface area (Å²) in [6.45, 7) is 5.92. The Labute approximate surface area is 185 Å². The molecule has 0 saturated heterocycles. The van der Waals surface area contributed by atoms with E-state index in [2.05, 4.69) is 9.71 Å². The quantitative estimate of drug-likeness (QED) is 0.341. The van der Waals surface area contributed by atoms with Gasteiger partial charge in [-0.15, -0.1) is 4.72 Å². The highest BCUT2D eigenvalue weighted by atomic mass is 35.5. The molecule has 0 amide bonds. The Morgan fingerprint density at radius 1 is 1.28 bits per heavy atom. The van der Waals surface area contributed by atoms with Crippen LogP contribution in [-0.2, 0) is 16.8 Å². The first-order valence-electron chi connectivity index (χ1n) is 9.58. The first kappa shape index (κ1) is 22.7. The van der Waals surface area contributed by atoms with E-state index in [1.807, 2.05) is 57.4 Å². The van der Waals surface area contributed by atoms with Crippen molar-refractivity contribution >= 4 is 34.7 Å². The van der Waals surface area contributed by atoms with Gasteiger partial charge in [0.05, 0.1) is 18.8 Å². The van der Waals surface area contributed by atoms with Gasteiger partial charge in [-0.3, -0.25) is 0 Å². The third-order valence-electron chi connectivity index (χ3n) is 5.14. The van der Waals surface area contributed by atoms with E-state index in [-0.39, 0.29) is 16.2 Å². The molecule has 5 nitrogen and oxygen atoms in total. The molecule has 1 aromatic heterocycles. The number of halogens is 1. The first-order chi connectivity index (χ1) is 13.7. The van der Waals surface area contributed by atoms with Crippen LogP contribution in [0.25, 0.3) is 0 Å². The summed E-state index contributed by atoms with van der Waals surface area (Å²) in [5.41, 5.74) is 2.00. The lowest BCUT2D eigenvalue weighted by atomic mass is 9.90. The molecule has 0 radical (unpaired) electrons. The summed E-state index contributed by atoms with van der Waals surface area (Å²) in [6.07, 6.45) is 4.83. The van der Waals surface area contributed by atoms with E-state index in [9.17, 15) is 4.55 Å². The zero-order chi connectivity index (χ0) is 21.2. The number of thioether (sulfide) groups is 1. The second-order valence-electron chi connectivity index (χ2n) is 8.37. The zero-order valence-corrected chi connectivity index (χ0v) is 19.9. The monoisotopic (exact) mass is 453 g/mol. The van der Waals surface area contributed by atoms with Gasteiger partial charge >= 0.3 is 0 Å². The third kappa shape index (κ3) is 5.58. The maximum Gasteiger partial charge on any atom is 0.217 e. The molecule has 3 rings (SSSR count). The van der Waals surface area contributed by atoms with Crippen molar-refractivity contribution in [1.82, 2.24) is 14.7 Å². The topological polar surface area (TPSA) is 70.1 Å². The van der Waals surface area contributed by atoms with E-state index in [0.717, 1.165) is 30.5 Å². The lowest BCUT2D eigenvalue weighted by Crippen LogP contribution is -2.42. The number of nitrogens with zero attached hydrogens (tertiary/aromatic N) is 2. The number of nitrogens with one attached hydrogen (secondary N) is 1. The van der Waals surface area contributed by atoms with Gasteiger partial charge in [0.15, 0.2) is 5.16 Å². The summed E-state index contributed by atoms with van der Waals surface area (Å²) >= 11 is 6.40. The molecule has 2 aromatic rings. The van der Waals surface area contributed by atoms with Crippen molar-refractivity contribution in [3.8, 4) is 5.88 Å². The highest BCUT2D eigenvalue weighted by Gasteiger charge is 2.48. The van der Waals surface area contributed by atoms with Gasteiger partial charge < -0.3 is 9.29 Å². The molecule has 0 bridgehead atoms. The number of hydrogen-bond acceptors (Lipinski definition) is 6. The normalized spacial score (nSPS) is 17.6. The van der Waals surface area contributed by atoms with E-state index in [1.165, 1.54) is 11.8 Å². The van der Waals surface area contributed by atoms with Crippen LogP contribution in [0.1, 0.15) is 57.3 Å². The molecular formula is C21H28ClN3O2S2. The van der Waals surface area contributed by atoms with Gasteiger partial charge in [-0.25, -0.2) is 4.98 Å². The van der Waals surface area contributed by atoms with Crippen molar-refractivity contribution in [2.45, 2.75) is 61.4 Å². The summed E-state index contributed by atoms with van der Waals surface area (Å²) in [6, 6.07) is 9.63. The molecule has 1 N–H and O–H groups in total. The predicted octanol–water partition coefficient (Wildman–Crippen LogP) is 5.08. The van der Waals surface area contributed by atoms with Gasteiger partial charge in [0, 0.05) is 27.9 Å². The van der Waals surface area contributed by atoms with E-state index in [1.54, 1.807) is 7.11 Å². The molecule has 1 aromatic carbocycles. The standard InChI is InChI=1S/C21H28ClN3O2S2/c1-20(2,3)29(26)25-16(14-6-8-15(22)9-7-14)13-21(10-11-21)17-12-18(27-4)24-19(23-17)28-5/h6-9,12,16,25H,10-11,13H2,1-5H3/t16-,29?/m0/s1. The van der Waals surface area contributed by atoms with Crippen LogP contribution in [0.2, 0.25) is 5.02 Å². The molecule has 1 aliphatic carbocycles. The van der Waals surface area contributed by atoms with Crippen LogP contribution in [0.3, 0.4) is 0 Å². The van der Waals surface area contributed by atoms with Crippen LogP contribution in [0.15, 0.2) is 35.5 Å². The Kier molecular flexibility index (Phi) is 7.06. The predicted molar refractivity (Wildman–Crippen MR) is 121 cm³/mol. The van der Waals surface area contributed by atoms with Crippen molar-refractivity contribution < 1.29 is 9.29 Å². The maximum atomic E-state index is 12.9. The molecule has 8 heteroatoms. The molecule has 158 valence electrons. The molecule has 29 heavy (non-hydrogen) atoms. The maximum absolute atomic E-state index is 12.9. The van der Waals surface area contributed by atoms with Crippen LogP contribution in [0.4, 0.5) is 0 Å². The van der Waals surface area contributed by atoms with Gasteiger partial charge in [-0.2, -0.15) is 4.98 Å². The largest absolute Gasteiger partial charge is 0.598 e. The number of ether oxygens (including phenoxy) is 1. The number of benzene rings is 1. The molecule has 1 aliphatic rings. The molecule has 0 aliphatic heterocycles. The van der Waals surface area contributed by atoms with E-state index < -0.39 is 11.4 Å². The van der Waals surface area contributed by atoms with Crippen LogP contribution < -0.4 is 9.46 Å². The van der Waals surface area contributed by atoms with Crippen LogP contribution >= 0.6 is 23.4 Å². The highest BCUT2D eigenvalue weighted by molar-refractivity contribution is 7.98. The van der Waals surface area contributed by atoms with Crippen LogP contribution in [0, 0.1) is 0 Å². The second kappa shape index (κ2) is 9.02. The molecule has 2 atom stereocenters. The van der Waals surface area contributed by atoms with Crippen molar-refractivity contribution in [2.24, 2.45) is 0 Å². The molecule has 1 unspecified atom stereocenters. The van der Waals surface area contributed by atoms with Gasteiger partial charge in [0.2, 0.25) is 5.88 Å². The minimum absolute atomic E-state index is 0.0694. The summed E-state index contributed by atoms with van der Waals surface area (Å²) in [4.78, 5) is 9.16. The Morgan fingerprint density at radius 3 is 2.45 bits per heavy atom. The van der Waals surface area contributed by atoms with Crippen molar-refractivity contribution in [2.75, 3.05) is 13.4 Å². The van der Waals surface area contributed by atoms with Crippen molar-refractivity contribution in [1.29, 1.82) is 0 Å². The van der Waals surface area contributed by atoms with E-state index in [4.69, 9.17) is 21.3 Å². The SMILES string of the molecule is COc1cc(C2(C[C@H](N[S+]([O-])C(C)(C)C)c3ccc(Cl)cc3)CC2)nc(SC)n1. The Morgan fingerprint density at radius 2 is 1.93 bits per heavy atom. The molecule has 1 fully saturated rings. The van der Waals surface area contributed by atoms with Gasteiger partial charge in [0.25, 0.3) is 0 Å². The van der Waals surface area contributed by atoms with Gasteiger partial charge in [-0.05, 0) is 64.0 Å². The Balaban J connectivity index is 1.91. The van der Waals surface area contributed by atoms with Crippen LogP contribution in [-0.4, -0.2) is 32.6 Å². The second-order valence-corrected chi connectivity index (χ2v) is 11.6. The Hall–Kier alpha value is -0.990. The average molecular weight is 454 g/mol. The fourth-order valence-electron chi connectivity index (χ4n) is 3.21. The average Bonchev–Trinajstić information content (AvgIpc) is 3.47. The number of aromatic nitrogens is 2. The Bertz CT molecular complexity index is 817.